The topological polar surface area (TPSA) is 26.3 Å². The summed E-state index contributed by atoms with van der Waals surface area (Å²) in [7, 11) is 1.65. The molecule has 0 aliphatic carbocycles. The number of carbonyl (C=O) groups excluding carboxylic acids is 1. The third-order valence-corrected chi connectivity index (χ3v) is 3.24. The van der Waals surface area contributed by atoms with Crippen molar-refractivity contribution in [2.45, 2.75) is 12.8 Å². The van der Waals surface area contributed by atoms with E-state index < -0.39 is 0 Å². The first-order valence-corrected chi connectivity index (χ1v) is 6.61. The molecular formula is C18H18O2. The maximum Gasteiger partial charge on any atom is 0.127 e. The second-order valence-electron chi connectivity index (χ2n) is 4.64. The molecule has 0 bridgehead atoms. The Hall–Kier alpha value is -2.35. The van der Waals surface area contributed by atoms with Crippen LogP contribution in [-0.4, -0.2) is 13.4 Å². The number of rotatable bonds is 5. The molecule has 0 aliphatic heterocycles. The van der Waals surface area contributed by atoms with Crippen LogP contribution in [0.4, 0.5) is 0 Å². The van der Waals surface area contributed by atoms with Gasteiger partial charge in [-0.2, -0.15) is 0 Å². The lowest BCUT2D eigenvalue weighted by atomic mass is 9.95. The van der Waals surface area contributed by atoms with Gasteiger partial charge >= 0.3 is 0 Å². The summed E-state index contributed by atoms with van der Waals surface area (Å²) >= 11 is 0. The number of benzene rings is 2. The van der Waals surface area contributed by atoms with Gasteiger partial charge < -0.3 is 9.53 Å². The molecule has 2 nitrogen and oxygen atoms in total. The third kappa shape index (κ3) is 3.15. The molecule has 0 spiro atoms. The van der Waals surface area contributed by atoms with Gasteiger partial charge in [-0.3, -0.25) is 0 Å². The van der Waals surface area contributed by atoms with E-state index in [1.165, 1.54) is 0 Å². The highest BCUT2D eigenvalue weighted by atomic mass is 16.5. The lowest BCUT2D eigenvalue weighted by molar-refractivity contribution is -0.108. The molecule has 0 fully saturated rings. The Kier molecular flexibility index (Phi) is 4.72. The molecule has 2 heteroatoms. The molecule has 0 aliphatic rings. The van der Waals surface area contributed by atoms with Crippen molar-refractivity contribution in [1.82, 2.24) is 0 Å². The Morgan fingerprint density at radius 3 is 2.35 bits per heavy atom. The summed E-state index contributed by atoms with van der Waals surface area (Å²) in [6.07, 6.45) is 2.94. The number of hydrogen-bond donors (Lipinski definition) is 0. The summed E-state index contributed by atoms with van der Waals surface area (Å²) in [6, 6.07) is 17.8. The number of carbonyl (C=O) groups is 1. The van der Waals surface area contributed by atoms with Crippen LogP contribution in [0, 0.1) is 0 Å². The number of hydrogen-bond acceptors (Lipinski definition) is 2. The average molecular weight is 266 g/mol. The van der Waals surface area contributed by atoms with Crippen LogP contribution in [0.1, 0.15) is 29.5 Å². The number of methoxy groups -OCH3 is 1. The van der Waals surface area contributed by atoms with E-state index in [0.29, 0.717) is 0 Å². The van der Waals surface area contributed by atoms with Crippen LogP contribution in [0.3, 0.4) is 0 Å². The third-order valence-electron chi connectivity index (χ3n) is 3.24. The van der Waals surface area contributed by atoms with Gasteiger partial charge in [0.05, 0.1) is 7.11 Å². The number of ether oxygens (including phenoxy) is 1. The molecule has 0 radical (unpaired) electrons. The fraction of sp³-hybridized carbons (Fsp3) is 0.167. The monoisotopic (exact) mass is 266 g/mol. The lowest BCUT2D eigenvalue weighted by Gasteiger charge is -2.14. The van der Waals surface area contributed by atoms with Crippen LogP contribution < -0.4 is 0 Å². The SMILES string of the molecule is CO/C(=C\c1ccccc1)c1ccccc1C(C)C=O. The molecule has 2 aromatic carbocycles. The Morgan fingerprint density at radius 1 is 1.05 bits per heavy atom. The molecule has 0 aromatic heterocycles. The lowest BCUT2D eigenvalue weighted by Crippen LogP contribution is -2.01. The van der Waals surface area contributed by atoms with Gasteiger partial charge in [-0.15, -0.1) is 0 Å². The molecule has 2 rings (SSSR count). The zero-order chi connectivity index (χ0) is 14.4. The van der Waals surface area contributed by atoms with Crippen molar-refractivity contribution in [3.8, 4) is 0 Å². The van der Waals surface area contributed by atoms with Crippen molar-refractivity contribution >= 4 is 18.1 Å². The van der Waals surface area contributed by atoms with E-state index in [1.54, 1.807) is 7.11 Å². The van der Waals surface area contributed by atoms with Crippen LogP contribution in [0.15, 0.2) is 54.6 Å². The van der Waals surface area contributed by atoms with E-state index in [2.05, 4.69) is 0 Å². The van der Waals surface area contributed by atoms with Gasteiger partial charge in [0.15, 0.2) is 0 Å². The van der Waals surface area contributed by atoms with Crippen LogP contribution >= 0.6 is 0 Å². The van der Waals surface area contributed by atoms with Gasteiger partial charge in [0.25, 0.3) is 0 Å². The first kappa shape index (κ1) is 14.1. The van der Waals surface area contributed by atoms with Crippen LogP contribution in [0.2, 0.25) is 0 Å². The minimum absolute atomic E-state index is 0.152. The first-order valence-electron chi connectivity index (χ1n) is 6.61. The van der Waals surface area contributed by atoms with Gasteiger partial charge in [0.2, 0.25) is 0 Å². The van der Waals surface area contributed by atoms with E-state index in [0.717, 1.165) is 28.7 Å². The predicted octanol–water partition coefficient (Wildman–Crippen LogP) is 4.13. The van der Waals surface area contributed by atoms with E-state index in [-0.39, 0.29) is 5.92 Å². The Labute approximate surface area is 119 Å². The van der Waals surface area contributed by atoms with Crippen molar-refractivity contribution in [2.24, 2.45) is 0 Å². The Balaban J connectivity index is 2.47. The normalized spacial score (nSPS) is 12.8. The van der Waals surface area contributed by atoms with Crippen LogP contribution in [0.25, 0.3) is 11.8 Å². The standard InChI is InChI=1S/C18H18O2/c1-14(13-19)16-10-6-7-11-17(16)18(20-2)12-15-8-4-3-5-9-15/h3-14H,1-2H3/b18-12-. The quantitative estimate of drug-likeness (QED) is 0.462. The molecule has 1 unspecified atom stereocenters. The smallest absolute Gasteiger partial charge is 0.127 e. The summed E-state index contributed by atoms with van der Waals surface area (Å²) in [6.45, 7) is 1.89. The maximum absolute atomic E-state index is 11.1. The molecular weight excluding hydrogens is 248 g/mol. The minimum Gasteiger partial charge on any atom is -0.496 e. The second kappa shape index (κ2) is 6.71. The van der Waals surface area contributed by atoms with Crippen molar-refractivity contribution < 1.29 is 9.53 Å². The molecule has 1 atom stereocenters. The summed E-state index contributed by atoms with van der Waals surface area (Å²) in [5.41, 5.74) is 3.00. The highest BCUT2D eigenvalue weighted by Gasteiger charge is 2.13. The van der Waals surface area contributed by atoms with E-state index in [9.17, 15) is 4.79 Å². The van der Waals surface area contributed by atoms with Gasteiger partial charge in [0, 0.05) is 11.5 Å². The Bertz CT molecular complexity index is 600. The van der Waals surface area contributed by atoms with E-state index in [1.807, 2.05) is 67.6 Å². The highest BCUT2D eigenvalue weighted by Crippen LogP contribution is 2.27. The fourth-order valence-corrected chi connectivity index (χ4v) is 2.14. The van der Waals surface area contributed by atoms with Crippen molar-refractivity contribution in [2.75, 3.05) is 7.11 Å². The molecule has 0 N–H and O–H groups in total. The Morgan fingerprint density at radius 2 is 1.70 bits per heavy atom. The van der Waals surface area contributed by atoms with Crippen LogP contribution in [0.5, 0.6) is 0 Å². The second-order valence-corrected chi connectivity index (χ2v) is 4.64. The zero-order valence-corrected chi connectivity index (χ0v) is 11.7. The average Bonchev–Trinajstić information content (AvgIpc) is 2.53. The summed E-state index contributed by atoms with van der Waals surface area (Å²) in [5, 5.41) is 0. The van der Waals surface area contributed by atoms with Crippen molar-refractivity contribution in [1.29, 1.82) is 0 Å². The zero-order valence-electron chi connectivity index (χ0n) is 11.7. The molecule has 0 amide bonds. The van der Waals surface area contributed by atoms with E-state index in [4.69, 9.17) is 4.74 Å². The molecule has 102 valence electrons. The minimum atomic E-state index is -0.152. The van der Waals surface area contributed by atoms with Gasteiger partial charge in [-0.1, -0.05) is 61.5 Å². The van der Waals surface area contributed by atoms with Crippen molar-refractivity contribution in [3.63, 3.8) is 0 Å². The fourth-order valence-electron chi connectivity index (χ4n) is 2.14. The van der Waals surface area contributed by atoms with Crippen LogP contribution in [-0.2, 0) is 9.53 Å². The molecule has 0 saturated heterocycles. The summed E-state index contributed by atoms with van der Waals surface area (Å²) in [5.74, 6) is 0.612. The summed E-state index contributed by atoms with van der Waals surface area (Å²) in [4.78, 5) is 11.1. The summed E-state index contributed by atoms with van der Waals surface area (Å²) < 4.78 is 5.52. The largest absolute Gasteiger partial charge is 0.496 e. The highest BCUT2D eigenvalue weighted by molar-refractivity contribution is 5.80. The van der Waals surface area contributed by atoms with Crippen molar-refractivity contribution in [3.05, 3.63) is 71.3 Å². The molecule has 20 heavy (non-hydrogen) atoms. The van der Waals surface area contributed by atoms with Gasteiger partial charge in [0.1, 0.15) is 12.0 Å². The molecule has 0 saturated carbocycles. The molecule has 2 aromatic rings. The predicted molar refractivity (Wildman–Crippen MR) is 82.2 cm³/mol. The van der Waals surface area contributed by atoms with Gasteiger partial charge in [-0.05, 0) is 17.2 Å². The molecule has 0 heterocycles. The first-order chi connectivity index (χ1) is 9.76. The van der Waals surface area contributed by atoms with E-state index >= 15 is 0 Å². The van der Waals surface area contributed by atoms with Gasteiger partial charge in [-0.25, -0.2) is 0 Å². The maximum atomic E-state index is 11.1. The number of aldehydes is 1.